The topological polar surface area (TPSA) is 160 Å². The van der Waals surface area contributed by atoms with Gasteiger partial charge in [0.15, 0.2) is 11.4 Å². The third-order valence-corrected chi connectivity index (χ3v) is 14.5. The molecule has 1 unspecified atom stereocenters. The van der Waals surface area contributed by atoms with Gasteiger partial charge in [-0.2, -0.15) is 4.89 Å². The second-order valence-corrected chi connectivity index (χ2v) is 20.3. The van der Waals surface area contributed by atoms with Crippen molar-refractivity contribution in [3.63, 3.8) is 0 Å². The van der Waals surface area contributed by atoms with Crippen molar-refractivity contribution in [3.05, 3.63) is 35.9 Å². The fourth-order valence-electron chi connectivity index (χ4n) is 10.1. The van der Waals surface area contributed by atoms with Crippen LogP contribution in [0.15, 0.2) is 30.3 Å². The lowest BCUT2D eigenvalue weighted by molar-refractivity contribution is -0.149. The van der Waals surface area contributed by atoms with E-state index in [1.54, 1.807) is 35.8 Å². The number of hydrogen-bond acceptors (Lipinski definition) is 9. The molecule has 3 aliphatic rings. The molecule has 12 atom stereocenters. The quantitative estimate of drug-likeness (QED) is 0.125. The molecule has 2 bridgehead atoms. The van der Waals surface area contributed by atoms with Crippen LogP contribution in [0.1, 0.15) is 119 Å². The molecule has 2 saturated heterocycles. The van der Waals surface area contributed by atoms with E-state index in [1.807, 2.05) is 78.8 Å². The lowest BCUT2D eigenvalue weighted by Crippen LogP contribution is -2.54. The molecular weight excluding hydrogens is 785 g/mol. The van der Waals surface area contributed by atoms with Crippen molar-refractivity contribution in [3.8, 4) is 0 Å². The van der Waals surface area contributed by atoms with Crippen molar-refractivity contribution >= 4 is 37.5 Å². The highest BCUT2D eigenvalue weighted by Crippen LogP contribution is 2.44. The summed E-state index contributed by atoms with van der Waals surface area (Å²) in [5.41, 5.74) is -0.567. The zero-order valence-corrected chi connectivity index (χ0v) is 38.9. The third kappa shape index (κ3) is 12.0. The number of amides is 3. The first-order valence-electron chi connectivity index (χ1n) is 22.1. The molecule has 1 saturated carbocycles. The van der Waals surface area contributed by atoms with Crippen LogP contribution in [0.3, 0.4) is 0 Å². The van der Waals surface area contributed by atoms with Crippen molar-refractivity contribution in [2.75, 3.05) is 27.8 Å². The summed E-state index contributed by atoms with van der Waals surface area (Å²) in [4.78, 5) is 85.4. The Kier molecular flexibility index (Phi) is 17.9. The van der Waals surface area contributed by atoms with Crippen LogP contribution < -0.4 is 0 Å². The van der Waals surface area contributed by atoms with Crippen molar-refractivity contribution < 1.29 is 47.6 Å². The highest BCUT2D eigenvalue weighted by Gasteiger charge is 2.53. The largest absolute Gasteiger partial charge is 0.509 e. The van der Waals surface area contributed by atoms with Gasteiger partial charge in [0.25, 0.3) is 0 Å². The molecule has 0 spiro atoms. The maximum Gasteiger partial charge on any atom is 0.509 e. The first kappa shape index (κ1) is 49.4. The predicted molar refractivity (Wildman–Crippen MR) is 230 cm³/mol. The minimum Gasteiger partial charge on any atom is -0.444 e. The zero-order valence-electron chi connectivity index (χ0n) is 38.0. The number of fused-ring (bicyclic) bond motifs is 2. The number of likely N-dealkylation sites (tertiary alicyclic amines) is 2. The fourth-order valence-corrected chi connectivity index (χ4v) is 10.8. The number of likely N-dealkylation sites (N-methyl/N-ethyl adjacent to an activating group) is 1. The maximum absolute atomic E-state index is 14.6. The highest BCUT2D eigenvalue weighted by atomic mass is 31.1. The third-order valence-electron chi connectivity index (χ3n) is 13.5. The van der Waals surface area contributed by atoms with E-state index in [2.05, 4.69) is 0 Å². The molecule has 0 radical (unpaired) electrons. The smallest absolute Gasteiger partial charge is 0.444 e. The van der Waals surface area contributed by atoms with E-state index >= 15 is 0 Å². The Morgan fingerprint density at radius 1 is 0.950 bits per heavy atom. The molecule has 3 fully saturated rings. The second kappa shape index (κ2) is 21.7. The number of Topliss-reactive ketones (excluding diaryl/α,β-unsaturated/α-hetero) is 2. The number of benzene rings is 1. The lowest BCUT2D eigenvalue weighted by Gasteiger charge is -2.41. The fraction of sp³-hybridized carbons (Fsp3) is 0.761. The Morgan fingerprint density at radius 2 is 1.62 bits per heavy atom. The van der Waals surface area contributed by atoms with Crippen molar-refractivity contribution in [2.24, 2.45) is 29.6 Å². The highest BCUT2D eigenvalue weighted by molar-refractivity contribution is 7.39. The van der Waals surface area contributed by atoms with Crippen molar-refractivity contribution in [1.82, 2.24) is 14.7 Å². The van der Waals surface area contributed by atoms with E-state index in [-0.39, 0.29) is 66.4 Å². The SMILES string of the molecule is CC[C@H](C)[C@@H]([C@@H](CC(=O)N1CCC[C@H]1[C@H](OC)[C@@H](C)C(=O)C[C@@H](Cc1ccccc1)[P+](=O)O)OC)N(C)C(=O)[C@@H](CC(=O)[C@@H]1[C@H]2CC[C@H](C2)N1C(=O)OC(C)(C)C)C(C)C. The van der Waals surface area contributed by atoms with Gasteiger partial charge in [-0.25, -0.2) is 4.79 Å². The van der Waals surface area contributed by atoms with E-state index in [0.29, 0.717) is 25.8 Å². The van der Waals surface area contributed by atoms with Crippen LogP contribution in [0.25, 0.3) is 0 Å². The first-order chi connectivity index (χ1) is 28.2. The van der Waals surface area contributed by atoms with Crippen LogP contribution in [0.4, 0.5) is 4.79 Å². The van der Waals surface area contributed by atoms with Gasteiger partial charge in [-0.15, -0.1) is 0 Å². The zero-order chi connectivity index (χ0) is 44.6. The molecule has 1 aromatic rings. The molecule has 1 aromatic carbocycles. The van der Waals surface area contributed by atoms with E-state index in [0.717, 1.165) is 31.2 Å². The standard InChI is InChI=1S/C46H72N3O10P/c1-12-29(4)41(47(9)44(53)35(28(2)3)26-38(51)42-32-20-21-33(24-32)49(42)45(54)59-46(6,7)8)39(57-10)27-40(52)48-22-16-19-36(48)43(58-11)30(5)37(50)25-34(60(55)56)23-31-17-14-13-15-18-31/h13-15,17-18,28-30,32-36,39,41-43H,12,16,19-27H2,1-11H3/p+1/t29-,30-,32-,33+,34+,35-,36-,39+,41-,42-,43+/m0/s1. The van der Waals surface area contributed by atoms with Crippen LogP contribution in [0.2, 0.25) is 0 Å². The molecule has 336 valence electrons. The van der Waals surface area contributed by atoms with E-state index in [9.17, 15) is 33.4 Å². The van der Waals surface area contributed by atoms with Gasteiger partial charge in [-0.05, 0) is 80.8 Å². The summed E-state index contributed by atoms with van der Waals surface area (Å²) in [7, 11) is 2.20. The van der Waals surface area contributed by atoms with Gasteiger partial charge in [-0.1, -0.05) is 71.4 Å². The van der Waals surface area contributed by atoms with Gasteiger partial charge in [-0.3, -0.25) is 24.1 Å². The van der Waals surface area contributed by atoms with Gasteiger partial charge in [0.2, 0.25) is 11.8 Å². The van der Waals surface area contributed by atoms with Gasteiger partial charge < -0.3 is 24.0 Å². The molecule has 2 aliphatic heterocycles. The van der Waals surface area contributed by atoms with Gasteiger partial charge >= 0.3 is 14.1 Å². The number of rotatable bonds is 21. The molecule has 2 heterocycles. The van der Waals surface area contributed by atoms with Crippen LogP contribution in [0, 0.1) is 29.6 Å². The summed E-state index contributed by atoms with van der Waals surface area (Å²) in [6.45, 7) is 15.6. The van der Waals surface area contributed by atoms with Crippen molar-refractivity contribution in [2.45, 2.75) is 167 Å². The number of nitrogens with zero attached hydrogens (tertiary/aromatic N) is 3. The average Bonchev–Trinajstić information content (AvgIpc) is 3.96. The van der Waals surface area contributed by atoms with E-state index in [1.165, 1.54) is 7.11 Å². The van der Waals surface area contributed by atoms with Crippen LogP contribution in [-0.2, 0) is 44.4 Å². The molecule has 14 heteroatoms. The summed E-state index contributed by atoms with van der Waals surface area (Å²) < 4.78 is 30.1. The van der Waals surface area contributed by atoms with Gasteiger partial charge in [0, 0.05) is 58.5 Å². The molecule has 0 aromatic heterocycles. The minimum absolute atomic E-state index is 0.00953. The van der Waals surface area contributed by atoms with Crippen LogP contribution in [-0.4, -0.2) is 125 Å². The average molecular weight is 859 g/mol. The second-order valence-electron chi connectivity index (χ2n) is 19.0. The molecule has 60 heavy (non-hydrogen) atoms. The first-order valence-corrected chi connectivity index (χ1v) is 23.4. The van der Waals surface area contributed by atoms with Crippen molar-refractivity contribution in [1.29, 1.82) is 0 Å². The molecule has 1 N–H and O–H groups in total. The summed E-state index contributed by atoms with van der Waals surface area (Å²) >= 11 is 0. The Hall–Kier alpha value is -3.25. The number of methoxy groups -OCH3 is 2. The summed E-state index contributed by atoms with van der Waals surface area (Å²) in [5.74, 6) is -2.17. The summed E-state index contributed by atoms with van der Waals surface area (Å²) in [6, 6.07) is 7.79. The number of ether oxygens (including phenoxy) is 3. The van der Waals surface area contributed by atoms with Crippen LogP contribution >= 0.6 is 8.03 Å². The normalized spacial score (nSPS) is 24.1. The number of carbonyl (C=O) groups is 5. The summed E-state index contributed by atoms with van der Waals surface area (Å²) in [6.07, 6.45) is 2.94. The molecular formula is C46H73N3O10P+. The number of ketones is 2. The molecule has 13 nitrogen and oxygen atoms in total. The Balaban J connectivity index is 1.48. The Labute approximate surface area is 359 Å². The number of hydrogen-bond donors (Lipinski definition) is 1. The Morgan fingerprint density at radius 3 is 2.18 bits per heavy atom. The van der Waals surface area contributed by atoms with E-state index in [4.69, 9.17) is 14.2 Å². The van der Waals surface area contributed by atoms with Crippen LogP contribution in [0.5, 0.6) is 0 Å². The van der Waals surface area contributed by atoms with Gasteiger partial charge in [0.1, 0.15) is 11.4 Å². The molecule has 4 rings (SSSR count). The number of carbonyl (C=O) groups excluding carboxylic acids is 5. The lowest BCUT2D eigenvalue weighted by atomic mass is 9.83. The minimum atomic E-state index is -2.61. The maximum atomic E-state index is 14.6. The Bertz CT molecular complexity index is 1650. The predicted octanol–water partition coefficient (Wildman–Crippen LogP) is 7.23. The van der Waals surface area contributed by atoms with E-state index < -0.39 is 67.6 Å². The van der Waals surface area contributed by atoms with Gasteiger partial charge in [0.05, 0.1) is 43.2 Å². The monoisotopic (exact) mass is 859 g/mol. The molecule has 1 aliphatic carbocycles. The molecule has 3 amide bonds. The number of piperidine rings is 1. The summed E-state index contributed by atoms with van der Waals surface area (Å²) in [5, 5.41) is 0.